The zero-order valence-electron chi connectivity index (χ0n) is 17.0. The Labute approximate surface area is 171 Å². The minimum atomic E-state index is -0.694. The first kappa shape index (κ1) is 19.4. The molecule has 3 aromatic rings. The highest BCUT2D eigenvalue weighted by Gasteiger charge is 2.33. The van der Waals surface area contributed by atoms with Gasteiger partial charge < -0.3 is 5.11 Å². The van der Waals surface area contributed by atoms with Crippen molar-refractivity contribution >= 4 is 5.97 Å². The quantitative estimate of drug-likeness (QED) is 0.696. The fourth-order valence-electron chi connectivity index (χ4n) is 4.18. The predicted molar refractivity (Wildman–Crippen MR) is 114 cm³/mol. The zero-order chi connectivity index (χ0) is 20.4. The molecular weight excluding hydrogens is 362 g/mol. The Morgan fingerprint density at radius 1 is 1.14 bits per heavy atom. The number of rotatable bonds is 5. The van der Waals surface area contributed by atoms with E-state index in [0.717, 1.165) is 41.9 Å². The van der Waals surface area contributed by atoms with Crippen LogP contribution in [0.4, 0.5) is 0 Å². The Bertz CT molecular complexity index is 979. The Hall–Kier alpha value is -2.92. The smallest absolute Gasteiger partial charge is 0.308 e. The summed E-state index contributed by atoms with van der Waals surface area (Å²) >= 11 is 0. The van der Waals surface area contributed by atoms with Crippen LogP contribution in [0.3, 0.4) is 0 Å². The van der Waals surface area contributed by atoms with E-state index in [9.17, 15) is 9.90 Å². The molecule has 2 atom stereocenters. The maximum atomic E-state index is 11.6. The van der Waals surface area contributed by atoms with Gasteiger partial charge in [0.2, 0.25) is 0 Å². The van der Waals surface area contributed by atoms with Crippen LogP contribution >= 0.6 is 0 Å². The molecule has 0 amide bonds. The molecule has 0 unspecified atom stereocenters. The van der Waals surface area contributed by atoms with Crippen molar-refractivity contribution in [3.8, 4) is 16.9 Å². The number of carbonyl (C=O) groups is 1. The van der Waals surface area contributed by atoms with E-state index in [4.69, 9.17) is 5.10 Å². The van der Waals surface area contributed by atoms with Gasteiger partial charge in [-0.25, -0.2) is 4.68 Å². The number of hydrogen-bond acceptors (Lipinski definition) is 3. The fourth-order valence-corrected chi connectivity index (χ4v) is 4.18. The molecule has 1 aliphatic heterocycles. The van der Waals surface area contributed by atoms with E-state index in [1.165, 1.54) is 5.56 Å². The van der Waals surface area contributed by atoms with Crippen molar-refractivity contribution < 1.29 is 9.90 Å². The highest BCUT2D eigenvalue weighted by molar-refractivity contribution is 5.71. The summed E-state index contributed by atoms with van der Waals surface area (Å²) in [5, 5.41) is 14.5. The molecule has 2 heterocycles. The number of aliphatic carboxylic acids is 1. The summed E-state index contributed by atoms with van der Waals surface area (Å²) in [5.41, 5.74) is 5.39. The second-order valence-corrected chi connectivity index (χ2v) is 7.95. The van der Waals surface area contributed by atoms with Crippen molar-refractivity contribution in [3.63, 3.8) is 0 Å². The lowest BCUT2D eigenvalue weighted by Gasteiger charge is -2.37. The molecule has 1 saturated heterocycles. The van der Waals surface area contributed by atoms with Gasteiger partial charge in [-0.1, -0.05) is 48.0 Å². The van der Waals surface area contributed by atoms with Gasteiger partial charge >= 0.3 is 5.97 Å². The number of carboxylic acids is 1. The molecule has 1 aromatic heterocycles. The van der Waals surface area contributed by atoms with Gasteiger partial charge in [-0.2, -0.15) is 5.10 Å². The highest BCUT2D eigenvalue weighted by atomic mass is 16.4. The molecule has 0 spiro atoms. The van der Waals surface area contributed by atoms with E-state index >= 15 is 0 Å². The number of likely N-dealkylation sites (tertiary alicyclic amines) is 1. The molecule has 0 radical (unpaired) electrons. The van der Waals surface area contributed by atoms with Crippen LogP contribution in [0.2, 0.25) is 0 Å². The van der Waals surface area contributed by atoms with Crippen LogP contribution in [-0.4, -0.2) is 38.3 Å². The number of benzene rings is 2. The molecule has 2 aromatic carbocycles. The number of hydrogen-bond donors (Lipinski definition) is 1. The van der Waals surface area contributed by atoms with Crippen molar-refractivity contribution in [2.45, 2.75) is 39.3 Å². The average Bonchev–Trinajstić information content (AvgIpc) is 3.14. The van der Waals surface area contributed by atoms with Gasteiger partial charge in [-0.05, 0) is 45.4 Å². The number of carboxylic acid groups (broad SMARTS) is 1. The number of aryl methyl sites for hydroxylation is 1. The lowest BCUT2D eigenvalue weighted by molar-refractivity contribution is -0.145. The normalized spacial score (nSPS) is 19.9. The van der Waals surface area contributed by atoms with Crippen LogP contribution in [0.1, 0.15) is 30.9 Å². The fraction of sp³-hybridized carbons (Fsp3) is 0.333. The van der Waals surface area contributed by atoms with Crippen LogP contribution in [0.5, 0.6) is 0 Å². The van der Waals surface area contributed by atoms with Crippen molar-refractivity contribution in [1.29, 1.82) is 0 Å². The van der Waals surface area contributed by atoms with Crippen LogP contribution in [0.15, 0.2) is 60.8 Å². The Morgan fingerprint density at radius 2 is 1.86 bits per heavy atom. The molecule has 5 nitrogen and oxygen atoms in total. The summed E-state index contributed by atoms with van der Waals surface area (Å²) in [4.78, 5) is 13.9. The predicted octanol–water partition coefficient (Wildman–Crippen LogP) is 4.53. The van der Waals surface area contributed by atoms with E-state index in [0.29, 0.717) is 6.54 Å². The van der Waals surface area contributed by atoms with Crippen LogP contribution in [-0.2, 0) is 11.3 Å². The zero-order valence-corrected chi connectivity index (χ0v) is 17.0. The van der Waals surface area contributed by atoms with Crippen LogP contribution < -0.4 is 0 Å². The molecule has 0 bridgehead atoms. The third kappa shape index (κ3) is 4.10. The van der Waals surface area contributed by atoms with E-state index in [2.05, 4.69) is 42.3 Å². The van der Waals surface area contributed by atoms with Crippen LogP contribution in [0, 0.1) is 12.8 Å². The molecule has 5 heteroatoms. The van der Waals surface area contributed by atoms with Crippen molar-refractivity contribution in [2.24, 2.45) is 5.92 Å². The third-order valence-corrected chi connectivity index (χ3v) is 5.95. The van der Waals surface area contributed by atoms with Gasteiger partial charge in [-0.3, -0.25) is 9.69 Å². The molecule has 1 fully saturated rings. The summed E-state index contributed by atoms with van der Waals surface area (Å²) < 4.78 is 1.92. The highest BCUT2D eigenvalue weighted by Crippen LogP contribution is 2.29. The number of nitrogens with zero attached hydrogens (tertiary/aromatic N) is 3. The molecule has 0 saturated carbocycles. The van der Waals surface area contributed by atoms with Crippen molar-refractivity contribution in [2.75, 3.05) is 6.54 Å². The Balaban J connectivity index is 1.70. The standard InChI is InChI=1S/C24H27N3O2/c1-17-10-12-19(13-11-17)23-20(16-27(25-23)21-7-4-3-5-8-21)15-26-14-6-9-22(18(26)2)24(28)29/h3-5,7-8,10-13,16,18,22H,6,9,14-15H2,1-2H3,(H,28,29)/t18-,22-/m1/s1. The van der Waals surface area contributed by atoms with Gasteiger partial charge in [-0.15, -0.1) is 0 Å². The van der Waals surface area contributed by atoms with E-state index < -0.39 is 5.97 Å². The molecule has 0 aliphatic carbocycles. The monoisotopic (exact) mass is 389 g/mol. The number of para-hydroxylation sites is 1. The first-order valence-corrected chi connectivity index (χ1v) is 10.2. The Morgan fingerprint density at radius 3 is 2.55 bits per heavy atom. The van der Waals surface area contributed by atoms with Crippen LogP contribution in [0.25, 0.3) is 16.9 Å². The van der Waals surface area contributed by atoms with Crippen molar-refractivity contribution in [1.82, 2.24) is 14.7 Å². The molecule has 1 aliphatic rings. The number of aromatic nitrogens is 2. The van der Waals surface area contributed by atoms with E-state index in [-0.39, 0.29) is 12.0 Å². The maximum absolute atomic E-state index is 11.6. The van der Waals surface area contributed by atoms with Gasteiger partial charge in [0.25, 0.3) is 0 Å². The minimum Gasteiger partial charge on any atom is -0.481 e. The molecule has 150 valence electrons. The largest absolute Gasteiger partial charge is 0.481 e. The summed E-state index contributed by atoms with van der Waals surface area (Å²) in [7, 11) is 0. The molecule has 1 N–H and O–H groups in total. The maximum Gasteiger partial charge on any atom is 0.308 e. The Kier molecular flexibility index (Phi) is 5.49. The second-order valence-electron chi connectivity index (χ2n) is 7.95. The lowest BCUT2D eigenvalue weighted by atomic mass is 9.90. The summed E-state index contributed by atoms with van der Waals surface area (Å²) in [6.45, 7) is 5.72. The molecule has 4 rings (SSSR count). The topological polar surface area (TPSA) is 58.4 Å². The van der Waals surface area contributed by atoms with Gasteiger partial charge in [0, 0.05) is 29.9 Å². The SMILES string of the molecule is Cc1ccc(-c2nn(-c3ccccc3)cc2CN2CCC[C@@H](C(=O)O)[C@H]2C)cc1. The summed E-state index contributed by atoms with van der Waals surface area (Å²) in [5.74, 6) is -1.00. The van der Waals surface area contributed by atoms with Crippen molar-refractivity contribution in [3.05, 3.63) is 71.9 Å². The van der Waals surface area contributed by atoms with Gasteiger partial charge in [0.05, 0.1) is 17.3 Å². The minimum absolute atomic E-state index is 0.00666. The van der Waals surface area contributed by atoms with Gasteiger partial charge in [0.1, 0.15) is 0 Å². The van der Waals surface area contributed by atoms with E-state index in [1.807, 2.05) is 41.9 Å². The molecule has 29 heavy (non-hydrogen) atoms. The first-order valence-electron chi connectivity index (χ1n) is 10.2. The second kappa shape index (κ2) is 8.21. The molecular formula is C24H27N3O2. The number of piperidine rings is 1. The third-order valence-electron chi connectivity index (χ3n) is 5.95. The van der Waals surface area contributed by atoms with Gasteiger partial charge in [0.15, 0.2) is 0 Å². The first-order chi connectivity index (χ1) is 14.0. The lowest BCUT2D eigenvalue weighted by Crippen LogP contribution is -2.45. The van der Waals surface area contributed by atoms with E-state index in [1.54, 1.807) is 0 Å². The average molecular weight is 389 g/mol. The summed E-state index contributed by atoms with van der Waals surface area (Å²) in [6.07, 6.45) is 3.75. The summed E-state index contributed by atoms with van der Waals surface area (Å²) in [6, 6.07) is 18.5.